The summed E-state index contributed by atoms with van der Waals surface area (Å²) in [6, 6.07) is 0. The molecule has 0 heterocycles. The Hall–Kier alpha value is -0.960. The first-order valence-electron chi connectivity index (χ1n) is 3.52. The van der Waals surface area contributed by atoms with Crippen LogP contribution in [-0.4, -0.2) is 22.8 Å². The molecule has 60 valence electrons. The standard InChI is InChI=1S/C8H10O3/c1-2-3-5-6(9)4-7(10)8(5)11/h2,5,7,10H,1,3-4H2/t5-,7?/m1/s1. The Bertz CT molecular complexity index is 207. The molecule has 0 aromatic rings. The first-order valence-corrected chi connectivity index (χ1v) is 3.52. The number of hydrogen-bond donors (Lipinski definition) is 1. The van der Waals surface area contributed by atoms with Gasteiger partial charge >= 0.3 is 0 Å². The zero-order chi connectivity index (χ0) is 8.43. The van der Waals surface area contributed by atoms with Crippen molar-refractivity contribution in [1.82, 2.24) is 0 Å². The Morgan fingerprint density at radius 3 is 2.64 bits per heavy atom. The van der Waals surface area contributed by atoms with Crippen molar-refractivity contribution >= 4 is 11.6 Å². The Labute approximate surface area is 64.7 Å². The molecule has 3 heteroatoms. The van der Waals surface area contributed by atoms with Crippen LogP contribution < -0.4 is 0 Å². The third-order valence-corrected chi connectivity index (χ3v) is 1.86. The van der Waals surface area contributed by atoms with Gasteiger partial charge in [0.05, 0.1) is 5.92 Å². The number of hydrogen-bond acceptors (Lipinski definition) is 3. The Kier molecular flexibility index (Phi) is 2.19. The highest BCUT2D eigenvalue weighted by atomic mass is 16.3. The van der Waals surface area contributed by atoms with Crippen molar-refractivity contribution in [3.8, 4) is 0 Å². The molecular weight excluding hydrogens is 144 g/mol. The Morgan fingerprint density at radius 1 is 1.64 bits per heavy atom. The number of aliphatic hydroxyl groups excluding tert-OH is 1. The largest absolute Gasteiger partial charge is 0.385 e. The SMILES string of the molecule is C=CC[C@@H]1C(=O)CC(O)C1=O. The summed E-state index contributed by atoms with van der Waals surface area (Å²) in [6.07, 6.45) is 0.803. The summed E-state index contributed by atoms with van der Waals surface area (Å²) in [5.74, 6) is -1.14. The second kappa shape index (κ2) is 2.96. The molecule has 0 aliphatic heterocycles. The highest BCUT2D eigenvalue weighted by molar-refractivity contribution is 6.11. The summed E-state index contributed by atoms with van der Waals surface area (Å²) >= 11 is 0. The van der Waals surface area contributed by atoms with Gasteiger partial charge in [-0.15, -0.1) is 6.58 Å². The van der Waals surface area contributed by atoms with E-state index in [1.54, 1.807) is 0 Å². The molecule has 0 amide bonds. The minimum Gasteiger partial charge on any atom is -0.385 e. The number of carbonyl (C=O) groups excluding carboxylic acids is 2. The van der Waals surface area contributed by atoms with Crippen LogP contribution in [0.25, 0.3) is 0 Å². The lowest BCUT2D eigenvalue weighted by Crippen LogP contribution is -2.18. The normalized spacial score (nSPS) is 31.0. The lowest BCUT2D eigenvalue weighted by atomic mass is 10.0. The molecule has 0 aromatic carbocycles. The molecule has 1 aliphatic carbocycles. The van der Waals surface area contributed by atoms with Crippen LogP contribution in [0.4, 0.5) is 0 Å². The molecule has 1 rings (SSSR count). The Balaban J connectivity index is 2.71. The van der Waals surface area contributed by atoms with Crippen LogP contribution in [0.1, 0.15) is 12.8 Å². The quantitative estimate of drug-likeness (QED) is 0.452. The zero-order valence-corrected chi connectivity index (χ0v) is 6.12. The van der Waals surface area contributed by atoms with Crippen LogP contribution in [-0.2, 0) is 9.59 Å². The third kappa shape index (κ3) is 1.38. The molecule has 3 nitrogen and oxygen atoms in total. The van der Waals surface area contributed by atoms with Gasteiger partial charge in [0.2, 0.25) is 0 Å². The fraction of sp³-hybridized carbons (Fsp3) is 0.500. The molecule has 11 heavy (non-hydrogen) atoms. The monoisotopic (exact) mass is 154 g/mol. The Morgan fingerprint density at radius 2 is 2.27 bits per heavy atom. The average Bonchev–Trinajstić information content (AvgIpc) is 2.17. The molecule has 1 N–H and O–H groups in total. The van der Waals surface area contributed by atoms with Gasteiger partial charge in [0.15, 0.2) is 5.78 Å². The van der Waals surface area contributed by atoms with Gasteiger partial charge in [-0.1, -0.05) is 6.08 Å². The van der Waals surface area contributed by atoms with Gasteiger partial charge in [-0.2, -0.15) is 0 Å². The van der Waals surface area contributed by atoms with Gasteiger partial charge in [-0.3, -0.25) is 9.59 Å². The van der Waals surface area contributed by atoms with Gasteiger partial charge in [0, 0.05) is 6.42 Å². The maximum atomic E-state index is 11.0. The molecule has 0 aromatic heterocycles. The molecule has 1 fully saturated rings. The van der Waals surface area contributed by atoms with Crippen molar-refractivity contribution in [2.75, 3.05) is 0 Å². The van der Waals surface area contributed by atoms with E-state index in [4.69, 9.17) is 5.11 Å². The third-order valence-electron chi connectivity index (χ3n) is 1.86. The van der Waals surface area contributed by atoms with E-state index in [0.717, 1.165) is 0 Å². The van der Waals surface area contributed by atoms with Crippen LogP contribution in [0.15, 0.2) is 12.7 Å². The molecule has 2 atom stereocenters. The number of aliphatic hydroxyl groups is 1. The summed E-state index contributed by atoms with van der Waals surface area (Å²) in [5, 5.41) is 8.96. The molecular formula is C8H10O3. The molecule has 1 aliphatic rings. The predicted molar refractivity (Wildman–Crippen MR) is 38.9 cm³/mol. The van der Waals surface area contributed by atoms with E-state index in [2.05, 4.69) is 6.58 Å². The molecule has 1 saturated carbocycles. The van der Waals surface area contributed by atoms with Crippen molar-refractivity contribution in [1.29, 1.82) is 0 Å². The van der Waals surface area contributed by atoms with Crippen LogP contribution in [0.5, 0.6) is 0 Å². The van der Waals surface area contributed by atoms with E-state index in [1.807, 2.05) is 0 Å². The average molecular weight is 154 g/mol. The lowest BCUT2D eigenvalue weighted by molar-refractivity contribution is -0.129. The van der Waals surface area contributed by atoms with Gasteiger partial charge in [0.25, 0.3) is 0 Å². The minimum atomic E-state index is -1.06. The van der Waals surface area contributed by atoms with E-state index < -0.39 is 12.0 Å². The highest BCUT2D eigenvalue weighted by Gasteiger charge is 2.38. The molecule has 0 radical (unpaired) electrons. The number of carbonyl (C=O) groups is 2. The zero-order valence-electron chi connectivity index (χ0n) is 6.12. The topological polar surface area (TPSA) is 54.4 Å². The maximum absolute atomic E-state index is 11.0. The summed E-state index contributed by atoms with van der Waals surface area (Å²) in [4.78, 5) is 21.9. The van der Waals surface area contributed by atoms with Crippen molar-refractivity contribution < 1.29 is 14.7 Å². The van der Waals surface area contributed by atoms with E-state index in [0.29, 0.717) is 6.42 Å². The summed E-state index contributed by atoms with van der Waals surface area (Å²) in [6.45, 7) is 3.43. The van der Waals surface area contributed by atoms with Gasteiger partial charge in [0.1, 0.15) is 11.9 Å². The first kappa shape index (κ1) is 8.14. The molecule has 0 spiro atoms. The van der Waals surface area contributed by atoms with Crippen LogP contribution in [0, 0.1) is 5.92 Å². The molecule has 0 saturated heterocycles. The van der Waals surface area contributed by atoms with Gasteiger partial charge < -0.3 is 5.11 Å². The fourth-order valence-electron chi connectivity index (χ4n) is 1.24. The van der Waals surface area contributed by atoms with Crippen molar-refractivity contribution in [2.45, 2.75) is 18.9 Å². The van der Waals surface area contributed by atoms with Crippen LogP contribution >= 0.6 is 0 Å². The smallest absolute Gasteiger partial charge is 0.172 e. The van der Waals surface area contributed by atoms with Crippen LogP contribution in [0.2, 0.25) is 0 Å². The van der Waals surface area contributed by atoms with Crippen molar-refractivity contribution in [3.63, 3.8) is 0 Å². The van der Waals surface area contributed by atoms with Crippen molar-refractivity contribution in [2.24, 2.45) is 5.92 Å². The molecule has 1 unspecified atom stereocenters. The van der Waals surface area contributed by atoms with E-state index in [9.17, 15) is 9.59 Å². The van der Waals surface area contributed by atoms with E-state index >= 15 is 0 Å². The van der Waals surface area contributed by atoms with Crippen molar-refractivity contribution in [3.05, 3.63) is 12.7 Å². The minimum absolute atomic E-state index is 0.0165. The second-order valence-electron chi connectivity index (χ2n) is 2.67. The summed E-state index contributed by atoms with van der Waals surface area (Å²) in [5.41, 5.74) is 0. The lowest BCUT2D eigenvalue weighted by Gasteiger charge is -2.00. The first-order chi connectivity index (χ1) is 5.16. The fourth-order valence-corrected chi connectivity index (χ4v) is 1.24. The second-order valence-corrected chi connectivity index (χ2v) is 2.67. The molecule has 0 bridgehead atoms. The van der Waals surface area contributed by atoms with Gasteiger partial charge in [-0.05, 0) is 6.42 Å². The number of Topliss-reactive ketones (excluding diaryl/α,β-unsaturated/α-hetero) is 2. The summed E-state index contributed by atoms with van der Waals surface area (Å²) in [7, 11) is 0. The summed E-state index contributed by atoms with van der Waals surface area (Å²) < 4.78 is 0. The van der Waals surface area contributed by atoms with E-state index in [-0.39, 0.29) is 18.0 Å². The highest BCUT2D eigenvalue weighted by Crippen LogP contribution is 2.21. The predicted octanol–water partition coefficient (Wildman–Crippen LogP) is 0.0815. The number of ketones is 2. The number of rotatable bonds is 2. The number of allylic oxidation sites excluding steroid dienone is 1. The maximum Gasteiger partial charge on any atom is 0.172 e. The van der Waals surface area contributed by atoms with Gasteiger partial charge in [-0.25, -0.2) is 0 Å². The van der Waals surface area contributed by atoms with Crippen LogP contribution in [0.3, 0.4) is 0 Å². The van der Waals surface area contributed by atoms with E-state index in [1.165, 1.54) is 6.08 Å².